The monoisotopic (exact) mass is 271 g/mol. The number of nitrogens with two attached hydrogens (primary N) is 1. The minimum Gasteiger partial charge on any atom is -0.487 e. The highest BCUT2D eigenvalue weighted by atomic mass is 16.5. The van der Waals surface area contributed by atoms with E-state index in [1.54, 1.807) is 0 Å². The van der Waals surface area contributed by atoms with Crippen molar-refractivity contribution in [3.8, 4) is 5.75 Å². The Bertz CT molecular complexity index is 589. The van der Waals surface area contributed by atoms with E-state index in [4.69, 9.17) is 15.2 Å². The van der Waals surface area contributed by atoms with E-state index in [9.17, 15) is 0 Å². The highest BCUT2D eigenvalue weighted by Gasteiger charge is 2.19. The van der Waals surface area contributed by atoms with Gasteiger partial charge in [0, 0.05) is 23.6 Å². The Balaban J connectivity index is 2.02. The summed E-state index contributed by atoms with van der Waals surface area (Å²) < 4.78 is 11.8. The van der Waals surface area contributed by atoms with Crippen LogP contribution in [0.15, 0.2) is 36.4 Å². The van der Waals surface area contributed by atoms with Crippen LogP contribution in [0.25, 0.3) is 10.8 Å². The van der Waals surface area contributed by atoms with Crippen molar-refractivity contribution in [1.82, 2.24) is 0 Å². The molecule has 1 aliphatic heterocycles. The summed E-state index contributed by atoms with van der Waals surface area (Å²) in [5.41, 5.74) is 7.16. The van der Waals surface area contributed by atoms with E-state index < -0.39 is 0 Å². The fraction of sp³-hybridized carbons (Fsp3) is 0.412. The van der Waals surface area contributed by atoms with Gasteiger partial charge in [-0.05, 0) is 25.2 Å². The summed E-state index contributed by atoms with van der Waals surface area (Å²) in [5.74, 6) is 0.925. The normalized spacial score (nSPS) is 20.8. The third kappa shape index (κ3) is 2.65. The van der Waals surface area contributed by atoms with Crippen molar-refractivity contribution in [2.45, 2.75) is 31.9 Å². The van der Waals surface area contributed by atoms with Gasteiger partial charge < -0.3 is 15.2 Å². The summed E-state index contributed by atoms with van der Waals surface area (Å²) in [6, 6.07) is 12.4. The lowest BCUT2D eigenvalue weighted by atomic mass is 10.0. The molecule has 2 aromatic rings. The van der Waals surface area contributed by atoms with Crippen LogP contribution in [0.5, 0.6) is 5.75 Å². The molecule has 3 nitrogen and oxygen atoms in total. The van der Waals surface area contributed by atoms with Crippen molar-refractivity contribution in [1.29, 1.82) is 0 Å². The molecule has 0 aromatic heterocycles. The van der Waals surface area contributed by atoms with Crippen LogP contribution in [0.1, 0.15) is 31.4 Å². The topological polar surface area (TPSA) is 44.5 Å². The predicted octanol–water partition coefficient (Wildman–Crippen LogP) is 3.42. The third-order valence-electron chi connectivity index (χ3n) is 3.80. The SMILES string of the molecule is CC(N)c1ccc2ccccc2c1OC1CCCOC1. The molecule has 1 saturated heterocycles. The van der Waals surface area contributed by atoms with Crippen LogP contribution >= 0.6 is 0 Å². The van der Waals surface area contributed by atoms with Crippen molar-refractivity contribution in [2.24, 2.45) is 5.73 Å². The second-order valence-electron chi connectivity index (χ2n) is 5.45. The second-order valence-corrected chi connectivity index (χ2v) is 5.45. The van der Waals surface area contributed by atoms with E-state index in [1.807, 2.05) is 19.1 Å². The van der Waals surface area contributed by atoms with Gasteiger partial charge in [0.15, 0.2) is 0 Å². The van der Waals surface area contributed by atoms with Gasteiger partial charge in [-0.25, -0.2) is 0 Å². The molecule has 20 heavy (non-hydrogen) atoms. The predicted molar refractivity (Wildman–Crippen MR) is 81.0 cm³/mol. The van der Waals surface area contributed by atoms with Crippen molar-refractivity contribution >= 4 is 10.8 Å². The zero-order chi connectivity index (χ0) is 13.9. The maximum absolute atomic E-state index is 6.26. The van der Waals surface area contributed by atoms with Gasteiger partial charge in [-0.3, -0.25) is 0 Å². The first-order valence-corrected chi connectivity index (χ1v) is 7.27. The molecule has 0 saturated carbocycles. The van der Waals surface area contributed by atoms with Crippen LogP contribution in [0, 0.1) is 0 Å². The molecule has 106 valence electrons. The van der Waals surface area contributed by atoms with Crippen molar-refractivity contribution in [3.05, 3.63) is 42.0 Å². The van der Waals surface area contributed by atoms with Crippen LogP contribution in [-0.4, -0.2) is 19.3 Å². The molecule has 1 heterocycles. The van der Waals surface area contributed by atoms with Crippen molar-refractivity contribution in [3.63, 3.8) is 0 Å². The van der Waals surface area contributed by atoms with Crippen LogP contribution < -0.4 is 10.5 Å². The summed E-state index contributed by atoms with van der Waals surface area (Å²) >= 11 is 0. The highest BCUT2D eigenvalue weighted by Crippen LogP contribution is 2.34. The molecule has 3 rings (SSSR count). The quantitative estimate of drug-likeness (QED) is 0.930. The molecule has 2 N–H and O–H groups in total. The molecule has 2 aromatic carbocycles. The summed E-state index contributed by atoms with van der Waals surface area (Å²) in [4.78, 5) is 0. The Kier molecular flexibility index (Phi) is 3.90. The summed E-state index contributed by atoms with van der Waals surface area (Å²) in [6.07, 6.45) is 2.23. The molecule has 1 fully saturated rings. The van der Waals surface area contributed by atoms with Crippen molar-refractivity contribution < 1.29 is 9.47 Å². The Morgan fingerprint density at radius 1 is 1.25 bits per heavy atom. The molecular formula is C17H21NO2. The Morgan fingerprint density at radius 2 is 2.10 bits per heavy atom. The molecule has 0 bridgehead atoms. The molecular weight excluding hydrogens is 250 g/mol. The average molecular weight is 271 g/mol. The van der Waals surface area contributed by atoms with Crippen LogP contribution in [0.2, 0.25) is 0 Å². The van der Waals surface area contributed by atoms with Crippen molar-refractivity contribution in [2.75, 3.05) is 13.2 Å². The van der Waals surface area contributed by atoms with Crippen LogP contribution in [-0.2, 0) is 4.74 Å². The van der Waals surface area contributed by atoms with Gasteiger partial charge >= 0.3 is 0 Å². The summed E-state index contributed by atoms with van der Waals surface area (Å²) in [6.45, 7) is 3.51. The molecule has 1 aliphatic rings. The number of ether oxygens (including phenoxy) is 2. The average Bonchev–Trinajstić information content (AvgIpc) is 2.48. The van der Waals surface area contributed by atoms with E-state index in [-0.39, 0.29) is 12.1 Å². The van der Waals surface area contributed by atoms with E-state index in [1.165, 1.54) is 5.39 Å². The fourth-order valence-corrected chi connectivity index (χ4v) is 2.72. The number of rotatable bonds is 3. The molecule has 2 unspecified atom stereocenters. The number of fused-ring (bicyclic) bond motifs is 1. The lowest BCUT2D eigenvalue weighted by molar-refractivity contribution is 0.00761. The second kappa shape index (κ2) is 5.81. The largest absolute Gasteiger partial charge is 0.487 e. The number of hydrogen-bond donors (Lipinski definition) is 1. The number of hydrogen-bond acceptors (Lipinski definition) is 3. The molecule has 0 radical (unpaired) electrons. The zero-order valence-corrected chi connectivity index (χ0v) is 11.8. The Hall–Kier alpha value is -1.58. The van der Waals surface area contributed by atoms with Gasteiger partial charge in [0.25, 0.3) is 0 Å². The fourth-order valence-electron chi connectivity index (χ4n) is 2.72. The first kappa shape index (κ1) is 13.4. The smallest absolute Gasteiger partial charge is 0.132 e. The molecule has 0 spiro atoms. The third-order valence-corrected chi connectivity index (χ3v) is 3.80. The van der Waals surface area contributed by atoms with Gasteiger partial charge in [-0.1, -0.05) is 36.4 Å². The van der Waals surface area contributed by atoms with E-state index in [2.05, 4.69) is 24.3 Å². The lowest BCUT2D eigenvalue weighted by Gasteiger charge is -2.26. The lowest BCUT2D eigenvalue weighted by Crippen LogP contribution is -2.28. The first-order chi connectivity index (χ1) is 9.75. The molecule has 0 aliphatic carbocycles. The highest BCUT2D eigenvalue weighted by molar-refractivity contribution is 5.89. The molecule has 2 atom stereocenters. The summed E-state index contributed by atoms with van der Waals surface area (Å²) in [7, 11) is 0. The van der Waals surface area contributed by atoms with Crippen LogP contribution in [0.3, 0.4) is 0 Å². The number of benzene rings is 2. The Labute approximate surface area is 119 Å². The van der Waals surface area contributed by atoms with E-state index in [0.717, 1.165) is 36.1 Å². The van der Waals surface area contributed by atoms with E-state index >= 15 is 0 Å². The van der Waals surface area contributed by atoms with Crippen LogP contribution in [0.4, 0.5) is 0 Å². The standard InChI is InChI=1S/C17H21NO2/c1-12(18)15-9-8-13-5-2-3-7-16(13)17(15)20-14-6-4-10-19-11-14/h2-3,5,7-9,12,14H,4,6,10-11,18H2,1H3. The maximum Gasteiger partial charge on any atom is 0.132 e. The van der Waals surface area contributed by atoms with Gasteiger partial charge in [0.05, 0.1) is 6.61 Å². The first-order valence-electron chi connectivity index (χ1n) is 7.27. The Morgan fingerprint density at radius 3 is 2.85 bits per heavy atom. The zero-order valence-electron chi connectivity index (χ0n) is 11.8. The molecule has 3 heteroatoms. The van der Waals surface area contributed by atoms with Gasteiger partial charge in [-0.2, -0.15) is 0 Å². The summed E-state index contributed by atoms with van der Waals surface area (Å²) in [5, 5.41) is 2.32. The van der Waals surface area contributed by atoms with Gasteiger partial charge in [0.2, 0.25) is 0 Å². The minimum atomic E-state index is -0.0425. The maximum atomic E-state index is 6.26. The van der Waals surface area contributed by atoms with Gasteiger partial charge in [-0.15, -0.1) is 0 Å². The van der Waals surface area contributed by atoms with Gasteiger partial charge in [0.1, 0.15) is 11.9 Å². The van der Waals surface area contributed by atoms with E-state index in [0.29, 0.717) is 6.61 Å². The minimum absolute atomic E-state index is 0.0425. The molecule has 0 amide bonds.